The van der Waals surface area contributed by atoms with Gasteiger partial charge in [-0.25, -0.2) is 0 Å². The Balaban J connectivity index is 1.74. The van der Waals surface area contributed by atoms with Crippen LogP contribution in [0.1, 0.15) is 41.0 Å². The Kier molecular flexibility index (Phi) is 3.30. The Morgan fingerprint density at radius 1 is 1.55 bits per heavy atom. The first-order valence-corrected chi connectivity index (χ1v) is 7.01. The number of H-pyrrole nitrogens is 1. The van der Waals surface area contributed by atoms with Gasteiger partial charge in [0.05, 0.1) is 11.3 Å². The van der Waals surface area contributed by atoms with Gasteiger partial charge in [0.15, 0.2) is 0 Å². The normalized spacial score (nSPS) is 18.7. The summed E-state index contributed by atoms with van der Waals surface area (Å²) in [6.45, 7) is 6.23. The number of hydrogen-bond acceptors (Lipinski definition) is 3. The van der Waals surface area contributed by atoms with E-state index < -0.39 is 0 Å². The van der Waals surface area contributed by atoms with Crippen molar-refractivity contribution >= 4 is 5.91 Å². The summed E-state index contributed by atoms with van der Waals surface area (Å²) in [5.41, 5.74) is 2.64. The minimum Gasteiger partial charge on any atom is -0.338 e. The molecule has 0 aromatic carbocycles. The fraction of sp³-hybridized carbons (Fsp3) is 0.500. The standard InChI is InChI=1S/C14H19N5O/c1-3-19-9-12(10(2)17-19)14(20)18-7-5-11(8-18)13-4-6-15-16-13/h4,6,9,11H,3,5,7-8H2,1-2H3,(H,15,16)/t11-/m1/s1. The van der Waals surface area contributed by atoms with Gasteiger partial charge in [-0.1, -0.05) is 0 Å². The number of amides is 1. The fourth-order valence-corrected chi connectivity index (χ4v) is 2.75. The molecule has 1 amide bonds. The zero-order valence-electron chi connectivity index (χ0n) is 11.8. The predicted molar refractivity (Wildman–Crippen MR) is 74.5 cm³/mol. The molecule has 0 radical (unpaired) electrons. The van der Waals surface area contributed by atoms with Crippen molar-refractivity contribution in [1.29, 1.82) is 0 Å². The Hall–Kier alpha value is -2.11. The molecule has 0 bridgehead atoms. The minimum absolute atomic E-state index is 0.0872. The van der Waals surface area contributed by atoms with E-state index in [1.165, 1.54) is 0 Å². The first kappa shape index (κ1) is 12.9. The quantitative estimate of drug-likeness (QED) is 0.923. The minimum atomic E-state index is 0.0872. The van der Waals surface area contributed by atoms with Gasteiger partial charge in [0.1, 0.15) is 0 Å². The lowest BCUT2D eigenvalue weighted by Crippen LogP contribution is -2.28. The van der Waals surface area contributed by atoms with Crippen molar-refractivity contribution in [2.75, 3.05) is 13.1 Å². The molecule has 0 saturated carbocycles. The molecule has 6 nitrogen and oxygen atoms in total. The Morgan fingerprint density at radius 3 is 3.05 bits per heavy atom. The number of rotatable bonds is 3. The highest BCUT2D eigenvalue weighted by Crippen LogP contribution is 2.26. The van der Waals surface area contributed by atoms with Gasteiger partial charge in [0.2, 0.25) is 0 Å². The topological polar surface area (TPSA) is 66.8 Å². The number of nitrogens with one attached hydrogen (secondary N) is 1. The van der Waals surface area contributed by atoms with E-state index in [4.69, 9.17) is 0 Å². The van der Waals surface area contributed by atoms with Crippen molar-refractivity contribution in [2.24, 2.45) is 0 Å². The van der Waals surface area contributed by atoms with Gasteiger partial charge in [-0.3, -0.25) is 14.6 Å². The zero-order valence-corrected chi connectivity index (χ0v) is 11.8. The molecule has 1 fully saturated rings. The van der Waals surface area contributed by atoms with Crippen LogP contribution in [0.5, 0.6) is 0 Å². The maximum Gasteiger partial charge on any atom is 0.257 e. The first-order chi connectivity index (χ1) is 9.69. The van der Waals surface area contributed by atoms with Gasteiger partial charge in [0, 0.05) is 43.6 Å². The van der Waals surface area contributed by atoms with Crippen LogP contribution in [-0.4, -0.2) is 43.9 Å². The van der Waals surface area contributed by atoms with Crippen LogP contribution < -0.4 is 0 Å². The molecule has 0 unspecified atom stereocenters. The second-order valence-electron chi connectivity index (χ2n) is 5.23. The number of carbonyl (C=O) groups excluding carboxylic acids is 1. The predicted octanol–water partition coefficient (Wildman–Crippen LogP) is 1.56. The number of aromatic nitrogens is 4. The van der Waals surface area contributed by atoms with Crippen LogP contribution in [0.4, 0.5) is 0 Å². The van der Waals surface area contributed by atoms with Crippen LogP contribution >= 0.6 is 0 Å². The molecule has 3 rings (SSSR count). The molecule has 1 atom stereocenters. The first-order valence-electron chi connectivity index (χ1n) is 7.01. The van der Waals surface area contributed by atoms with Crippen LogP contribution in [0.2, 0.25) is 0 Å². The van der Waals surface area contributed by atoms with Crippen molar-refractivity contribution in [2.45, 2.75) is 32.7 Å². The number of aromatic amines is 1. The fourth-order valence-electron chi connectivity index (χ4n) is 2.75. The van der Waals surface area contributed by atoms with Gasteiger partial charge in [-0.05, 0) is 26.3 Å². The monoisotopic (exact) mass is 273 g/mol. The van der Waals surface area contributed by atoms with Crippen LogP contribution in [-0.2, 0) is 6.54 Å². The van der Waals surface area contributed by atoms with Gasteiger partial charge < -0.3 is 4.90 Å². The third-order valence-corrected chi connectivity index (χ3v) is 3.94. The lowest BCUT2D eigenvalue weighted by molar-refractivity contribution is 0.0790. The van der Waals surface area contributed by atoms with Crippen molar-refractivity contribution in [3.8, 4) is 0 Å². The number of nitrogens with zero attached hydrogens (tertiary/aromatic N) is 4. The van der Waals surface area contributed by atoms with E-state index in [-0.39, 0.29) is 5.91 Å². The molecule has 1 aliphatic rings. The summed E-state index contributed by atoms with van der Waals surface area (Å²) in [5, 5.41) is 11.3. The highest BCUT2D eigenvalue weighted by atomic mass is 16.2. The van der Waals surface area contributed by atoms with Gasteiger partial charge in [-0.2, -0.15) is 10.2 Å². The van der Waals surface area contributed by atoms with Crippen molar-refractivity contribution < 1.29 is 4.79 Å². The van der Waals surface area contributed by atoms with Crippen molar-refractivity contribution in [1.82, 2.24) is 24.9 Å². The average Bonchev–Trinajstić information content (AvgIpc) is 3.17. The molecule has 1 N–H and O–H groups in total. The SMILES string of the molecule is CCn1cc(C(=O)N2CC[C@@H](c3ccn[nH]3)C2)c(C)n1. The van der Waals surface area contributed by atoms with Gasteiger partial charge in [0.25, 0.3) is 5.91 Å². The highest BCUT2D eigenvalue weighted by Gasteiger charge is 2.30. The zero-order chi connectivity index (χ0) is 14.1. The number of likely N-dealkylation sites (tertiary alicyclic amines) is 1. The third kappa shape index (κ3) is 2.21. The molecular formula is C14H19N5O. The molecule has 2 aromatic heterocycles. The maximum absolute atomic E-state index is 12.6. The molecule has 0 aliphatic carbocycles. The highest BCUT2D eigenvalue weighted by molar-refractivity contribution is 5.95. The van der Waals surface area contributed by atoms with E-state index in [1.807, 2.05) is 35.7 Å². The van der Waals surface area contributed by atoms with E-state index in [2.05, 4.69) is 15.3 Å². The molecule has 106 valence electrons. The summed E-state index contributed by atoms with van der Waals surface area (Å²) in [6, 6.07) is 1.99. The molecule has 20 heavy (non-hydrogen) atoms. The summed E-state index contributed by atoms with van der Waals surface area (Å²) in [6.07, 6.45) is 4.59. The summed E-state index contributed by atoms with van der Waals surface area (Å²) in [5.74, 6) is 0.451. The Labute approximate surface area is 117 Å². The molecule has 2 aromatic rings. The number of carbonyl (C=O) groups is 1. The lowest BCUT2D eigenvalue weighted by Gasteiger charge is -2.15. The summed E-state index contributed by atoms with van der Waals surface area (Å²) < 4.78 is 1.81. The summed E-state index contributed by atoms with van der Waals surface area (Å²) >= 11 is 0. The molecule has 0 spiro atoms. The van der Waals surface area contributed by atoms with Crippen molar-refractivity contribution in [3.63, 3.8) is 0 Å². The molecule has 6 heteroatoms. The second kappa shape index (κ2) is 5.11. The third-order valence-electron chi connectivity index (χ3n) is 3.94. The van der Waals surface area contributed by atoms with E-state index in [0.717, 1.165) is 43.0 Å². The van der Waals surface area contributed by atoms with Crippen molar-refractivity contribution in [3.05, 3.63) is 35.4 Å². The smallest absolute Gasteiger partial charge is 0.257 e. The van der Waals surface area contributed by atoms with Crippen LogP contribution in [0.3, 0.4) is 0 Å². The number of aryl methyl sites for hydroxylation is 2. The van der Waals surface area contributed by atoms with Gasteiger partial charge >= 0.3 is 0 Å². The van der Waals surface area contributed by atoms with E-state index >= 15 is 0 Å². The van der Waals surface area contributed by atoms with E-state index in [0.29, 0.717) is 5.92 Å². The van der Waals surface area contributed by atoms with Crippen LogP contribution in [0.25, 0.3) is 0 Å². The lowest BCUT2D eigenvalue weighted by atomic mass is 10.1. The van der Waals surface area contributed by atoms with E-state index in [9.17, 15) is 4.79 Å². The molecular weight excluding hydrogens is 254 g/mol. The largest absolute Gasteiger partial charge is 0.338 e. The second-order valence-corrected chi connectivity index (χ2v) is 5.23. The molecule has 1 aliphatic heterocycles. The van der Waals surface area contributed by atoms with Crippen LogP contribution in [0.15, 0.2) is 18.5 Å². The Bertz CT molecular complexity index is 601. The number of hydrogen-bond donors (Lipinski definition) is 1. The maximum atomic E-state index is 12.6. The average molecular weight is 273 g/mol. The molecule has 1 saturated heterocycles. The Morgan fingerprint density at radius 2 is 2.40 bits per heavy atom. The summed E-state index contributed by atoms with van der Waals surface area (Å²) in [4.78, 5) is 14.5. The van der Waals surface area contributed by atoms with Gasteiger partial charge in [-0.15, -0.1) is 0 Å². The summed E-state index contributed by atoms with van der Waals surface area (Å²) in [7, 11) is 0. The molecule has 3 heterocycles. The van der Waals surface area contributed by atoms with Crippen LogP contribution in [0, 0.1) is 6.92 Å². The van der Waals surface area contributed by atoms with E-state index in [1.54, 1.807) is 6.20 Å².